The van der Waals surface area contributed by atoms with Crippen LogP contribution < -0.4 is 9.46 Å². The number of nitrogens with zero attached hydrogens (tertiary/aromatic N) is 2. The van der Waals surface area contributed by atoms with Crippen LogP contribution in [0.25, 0.3) is 0 Å². The predicted octanol–water partition coefficient (Wildman–Crippen LogP) is 2.56. The summed E-state index contributed by atoms with van der Waals surface area (Å²) in [6.07, 6.45) is 0.947. The molecule has 2 aromatic carbocycles. The number of nitro benzene ring substituents is 1. The van der Waals surface area contributed by atoms with Crippen LogP contribution in [0.2, 0.25) is 0 Å². The van der Waals surface area contributed by atoms with Crippen molar-refractivity contribution in [1.82, 2.24) is 9.62 Å². The normalized spacial score (nSPS) is 15.0. The number of amides is 1. The molecule has 1 amide bonds. The Balaban J connectivity index is 1.51. The van der Waals surface area contributed by atoms with E-state index in [0.29, 0.717) is 31.7 Å². The highest BCUT2D eigenvalue weighted by Gasteiger charge is 2.27. The number of rotatable bonds is 7. The van der Waals surface area contributed by atoms with Crippen molar-refractivity contribution < 1.29 is 22.9 Å². The third-order valence-corrected chi connectivity index (χ3v) is 6.97. The van der Waals surface area contributed by atoms with E-state index in [9.17, 15) is 23.3 Å². The fraction of sp³-hybridized carbons (Fsp3) is 0.381. The van der Waals surface area contributed by atoms with Crippen molar-refractivity contribution in [2.24, 2.45) is 0 Å². The van der Waals surface area contributed by atoms with Crippen LogP contribution in [-0.2, 0) is 14.8 Å². The number of hydrogen-bond acceptors (Lipinski definition) is 6. The van der Waals surface area contributed by atoms with Gasteiger partial charge in [0.05, 0.1) is 9.82 Å². The van der Waals surface area contributed by atoms with E-state index in [-0.39, 0.29) is 29.1 Å². The molecule has 3 rings (SSSR count). The number of benzene rings is 2. The highest BCUT2D eigenvalue weighted by molar-refractivity contribution is 7.89. The number of hydrogen-bond donors (Lipinski definition) is 1. The average Bonchev–Trinajstić information content (AvgIpc) is 2.75. The van der Waals surface area contributed by atoms with Crippen molar-refractivity contribution in [3.8, 4) is 5.75 Å². The molecule has 1 aliphatic rings. The van der Waals surface area contributed by atoms with Crippen LogP contribution in [0.1, 0.15) is 24.0 Å². The molecule has 1 saturated heterocycles. The van der Waals surface area contributed by atoms with Crippen LogP contribution in [0.5, 0.6) is 5.75 Å². The van der Waals surface area contributed by atoms with Crippen molar-refractivity contribution in [2.75, 3.05) is 19.7 Å². The lowest BCUT2D eigenvalue weighted by atomic mass is 10.1. The molecule has 0 radical (unpaired) electrons. The number of piperidine rings is 1. The van der Waals surface area contributed by atoms with Crippen molar-refractivity contribution in [3.05, 3.63) is 63.7 Å². The molecule has 0 spiro atoms. The second-order valence-electron chi connectivity index (χ2n) is 7.51. The van der Waals surface area contributed by atoms with Gasteiger partial charge in [0.1, 0.15) is 5.75 Å². The van der Waals surface area contributed by atoms with Crippen LogP contribution in [0.15, 0.2) is 47.4 Å². The number of likely N-dealkylation sites (tertiary alicyclic amines) is 1. The minimum Gasteiger partial charge on any atom is -0.483 e. The SMILES string of the molecule is Cc1cccc(OCC(=O)N2CCC(NS(=O)(=O)c3ccc([N+](=O)[O-])cc3)CC2)c1C. The monoisotopic (exact) mass is 447 g/mol. The summed E-state index contributed by atoms with van der Waals surface area (Å²) in [6.45, 7) is 4.69. The van der Waals surface area contributed by atoms with Gasteiger partial charge < -0.3 is 9.64 Å². The molecular formula is C21H25N3O6S. The lowest BCUT2D eigenvalue weighted by Crippen LogP contribution is -2.47. The summed E-state index contributed by atoms with van der Waals surface area (Å²) in [5, 5.41) is 10.7. The smallest absolute Gasteiger partial charge is 0.269 e. The standard InChI is InChI=1S/C21H25N3O6S/c1-15-4-3-5-20(16(15)2)30-14-21(25)23-12-10-17(11-13-23)22-31(28,29)19-8-6-18(7-9-19)24(26)27/h3-9,17,22H,10-14H2,1-2H3. The van der Waals surface area contributed by atoms with Gasteiger partial charge in [0, 0.05) is 31.3 Å². The molecule has 0 unspecified atom stereocenters. The Kier molecular flexibility index (Phi) is 6.91. The summed E-state index contributed by atoms with van der Waals surface area (Å²) < 4.78 is 33.4. The van der Waals surface area contributed by atoms with Gasteiger partial charge in [-0.25, -0.2) is 13.1 Å². The van der Waals surface area contributed by atoms with E-state index in [2.05, 4.69) is 4.72 Å². The lowest BCUT2D eigenvalue weighted by molar-refractivity contribution is -0.384. The first-order valence-electron chi connectivity index (χ1n) is 9.91. The maximum absolute atomic E-state index is 12.5. The average molecular weight is 448 g/mol. The first-order valence-corrected chi connectivity index (χ1v) is 11.4. The summed E-state index contributed by atoms with van der Waals surface area (Å²) in [5.74, 6) is 0.539. The first kappa shape index (κ1) is 22.7. The fourth-order valence-corrected chi connectivity index (χ4v) is 4.70. The van der Waals surface area contributed by atoms with Gasteiger partial charge in [-0.05, 0) is 56.0 Å². The zero-order chi connectivity index (χ0) is 22.6. The van der Waals surface area contributed by atoms with E-state index >= 15 is 0 Å². The Hall–Kier alpha value is -2.98. The number of ether oxygens (including phenoxy) is 1. The number of carbonyl (C=O) groups is 1. The van der Waals surface area contributed by atoms with Gasteiger partial charge in [0.15, 0.2) is 6.61 Å². The topological polar surface area (TPSA) is 119 Å². The minimum atomic E-state index is -3.80. The molecule has 0 aliphatic carbocycles. The van der Waals surface area contributed by atoms with Gasteiger partial charge in [-0.1, -0.05) is 12.1 Å². The molecule has 2 aromatic rings. The van der Waals surface area contributed by atoms with Crippen LogP contribution in [-0.4, -0.2) is 49.9 Å². The fourth-order valence-electron chi connectivity index (χ4n) is 3.39. The molecule has 31 heavy (non-hydrogen) atoms. The van der Waals surface area contributed by atoms with Crippen LogP contribution in [0.3, 0.4) is 0 Å². The van der Waals surface area contributed by atoms with Crippen LogP contribution in [0.4, 0.5) is 5.69 Å². The number of nitro groups is 1. The zero-order valence-electron chi connectivity index (χ0n) is 17.4. The summed E-state index contributed by atoms with van der Waals surface area (Å²) in [6, 6.07) is 10.1. The number of sulfonamides is 1. The third kappa shape index (κ3) is 5.59. The first-order chi connectivity index (χ1) is 14.7. The van der Waals surface area contributed by atoms with Crippen molar-refractivity contribution in [2.45, 2.75) is 37.6 Å². The largest absolute Gasteiger partial charge is 0.483 e. The van der Waals surface area contributed by atoms with Crippen molar-refractivity contribution in [1.29, 1.82) is 0 Å². The van der Waals surface area contributed by atoms with E-state index in [0.717, 1.165) is 23.3 Å². The van der Waals surface area contributed by atoms with Crippen molar-refractivity contribution >= 4 is 21.6 Å². The van der Waals surface area contributed by atoms with Crippen molar-refractivity contribution in [3.63, 3.8) is 0 Å². The second-order valence-corrected chi connectivity index (χ2v) is 9.23. The molecule has 1 heterocycles. The molecule has 0 bridgehead atoms. The highest BCUT2D eigenvalue weighted by atomic mass is 32.2. The minimum absolute atomic E-state index is 0.0291. The molecule has 0 saturated carbocycles. The third-order valence-electron chi connectivity index (χ3n) is 5.43. The van der Waals surface area contributed by atoms with E-state index in [1.165, 1.54) is 12.1 Å². The summed E-state index contributed by atoms with van der Waals surface area (Å²) >= 11 is 0. The molecule has 1 N–H and O–H groups in total. The van der Waals surface area contributed by atoms with E-state index in [4.69, 9.17) is 4.74 Å². The number of non-ortho nitro benzene ring substituents is 1. The van der Waals surface area contributed by atoms with Crippen LogP contribution >= 0.6 is 0 Å². The Bertz CT molecular complexity index is 1060. The molecule has 0 atom stereocenters. The molecule has 1 aliphatic heterocycles. The second kappa shape index (κ2) is 9.44. The molecule has 9 nitrogen and oxygen atoms in total. The summed E-state index contributed by atoms with van der Waals surface area (Å²) in [4.78, 5) is 24.3. The summed E-state index contributed by atoms with van der Waals surface area (Å²) in [5.41, 5.74) is 1.91. The van der Waals surface area contributed by atoms with Gasteiger partial charge in [0.2, 0.25) is 10.0 Å². The Morgan fingerprint density at radius 1 is 1.16 bits per heavy atom. The van der Waals surface area contributed by atoms with Gasteiger partial charge in [-0.2, -0.15) is 0 Å². The maximum Gasteiger partial charge on any atom is 0.269 e. The van der Waals surface area contributed by atoms with Crippen LogP contribution in [0, 0.1) is 24.0 Å². The number of aryl methyl sites for hydroxylation is 1. The lowest BCUT2D eigenvalue weighted by Gasteiger charge is -2.32. The summed E-state index contributed by atoms with van der Waals surface area (Å²) in [7, 11) is -3.80. The van der Waals surface area contributed by atoms with E-state index < -0.39 is 14.9 Å². The molecule has 10 heteroatoms. The quantitative estimate of drug-likeness (QED) is 0.515. The molecule has 0 aromatic heterocycles. The van der Waals surface area contributed by atoms with E-state index in [1.54, 1.807) is 4.90 Å². The zero-order valence-corrected chi connectivity index (χ0v) is 18.2. The maximum atomic E-state index is 12.5. The molecular weight excluding hydrogens is 422 g/mol. The van der Waals surface area contributed by atoms with Gasteiger partial charge in [-0.15, -0.1) is 0 Å². The number of nitrogens with one attached hydrogen (secondary N) is 1. The molecule has 1 fully saturated rings. The molecule has 166 valence electrons. The Labute approximate surface area is 181 Å². The van der Waals surface area contributed by atoms with Gasteiger partial charge in [0.25, 0.3) is 11.6 Å². The van der Waals surface area contributed by atoms with Gasteiger partial charge >= 0.3 is 0 Å². The number of carbonyl (C=O) groups excluding carboxylic acids is 1. The highest BCUT2D eigenvalue weighted by Crippen LogP contribution is 2.21. The Morgan fingerprint density at radius 3 is 2.42 bits per heavy atom. The van der Waals surface area contributed by atoms with E-state index in [1.807, 2.05) is 32.0 Å². The predicted molar refractivity (Wildman–Crippen MR) is 114 cm³/mol. The Morgan fingerprint density at radius 2 is 1.81 bits per heavy atom. The van der Waals surface area contributed by atoms with Gasteiger partial charge in [-0.3, -0.25) is 14.9 Å².